The first-order valence-corrected chi connectivity index (χ1v) is 8.51. The minimum Gasteiger partial charge on any atom is -0.461 e. The molecule has 27 heavy (non-hydrogen) atoms. The molecule has 8 nitrogen and oxygen atoms in total. The van der Waals surface area contributed by atoms with Gasteiger partial charge < -0.3 is 34.9 Å². The number of nitrogens with one attached hydrogen (secondary N) is 1. The summed E-state index contributed by atoms with van der Waals surface area (Å²) in [4.78, 5) is 15.3. The molecule has 1 aromatic carbocycles. The summed E-state index contributed by atoms with van der Waals surface area (Å²) >= 11 is 0. The van der Waals surface area contributed by atoms with E-state index < -0.39 is 37.3 Å². The summed E-state index contributed by atoms with van der Waals surface area (Å²) in [5, 5.41) is 39.8. The minimum absolute atomic E-state index is 0.145. The fourth-order valence-electron chi connectivity index (χ4n) is 3.29. The van der Waals surface area contributed by atoms with Crippen LogP contribution in [0.2, 0.25) is 0 Å². The van der Waals surface area contributed by atoms with Gasteiger partial charge in [-0.3, -0.25) is 4.79 Å². The number of aromatic nitrogens is 1. The highest BCUT2D eigenvalue weighted by molar-refractivity contribution is 5.90. The number of benzene rings is 2. The molecule has 0 amide bonds. The van der Waals surface area contributed by atoms with Crippen molar-refractivity contribution in [2.45, 2.75) is 30.7 Å². The second kappa shape index (κ2) is 6.91. The molecule has 2 aliphatic heterocycles. The summed E-state index contributed by atoms with van der Waals surface area (Å²) < 4.78 is 11.1. The molecule has 1 fully saturated rings. The van der Waals surface area contributed by atoms with Crippen LogP contribution in [0.25, 0.3) is 22.2 Å². The van der Waals surface area contributed by atoms with Crippen LogP contribution < -0.4 is 10.2 Å². The first-order chi connectivity index (χ1) is 13.0. The first-order valence-electron chi connectivity index (χ1n) is 8.51. The zero-order valence-electron chi connectivity index (χ0n) is 14.1. The van der Waals surface area contributed by atoms with Crippen LogP contribution in [0.1, 0.15) is 0 Å². The van der Waals surface area contributed by atoms with Crippen molar-refractivity contribution in [3.63, 3.8) is 0 Å². The van der Waals surface area contributed by atoms with E-state index in [1.165, 1.54) is 6.07 Å². The number of aromatic amines is 1. The van der Waals surface area contributed by atoms with Crippen LogP contribution in [0.5, 0.6) is 5.75 Å². The lowest BCUT2D eigenvalue weighted by Gasteiger charge is -2.39. The van der Waals surface area contributed by atoms with E-state index in [0.717, 1.165) is 0 Å². The topological polar surface area (TPSA) is 132 Å². The van der Waals surface area contributed by atoms with E-state index in [9.17, 15) is 25.2 Å². The van der Waals surface area contributed by atoms with Crippen LogP contribution in [0.4, 0.5) is 0 Å². The van der Waals surface area contributed by atoms with Gasteiger partial charge in [-0.05, 0) is 30.3 Å². The maximum absolute atomic E-state index is 12.1. The Morgan fingerprint density at radius 1 is 1.04 bits per heavy atom. The van der Waals surface area contributed by atoms with Crippen molar-refractivity contribution in [3.8, 4) is 17.0 Å². The molecule has 5 atom stereocenters. The number of pyridine rings is 1. The fraction of sp³-hybridized carbons (Fsp3) is 0.316. The number of aliphatic hydroxyl groups is 4. The molecular weight excluding hydrogens is 354 g/mol. The van der Waals surface area contributed by atoms with Crippen molar-refractivity contribution in [1.29, 1.82) is 0 Å². The first kappa shape index (κ1) is 17.9. The molecular formula is C19H19NO7. The third kappa shape index (κ3) is 3.07. The Labute approximate surface area is 153 Å². The van der Waals surface area contributed by atoms with E-state index >= 15 is 0 Å². The standard InChI is InChI=1S/C19H19NO7/c21-8-15-16(23)17(24)18(25)19(27-15)26-14-6-2-4-12-10(14)7-9-11(20-12)3-1-5-13(9)22/h1-7,15-21,23-25H,8H2/t15-,16+,17+,18-,19?/m1/s1. The Hall–Kier alpha value is -2.49. The van der Waals surface area contributed by atoms with Crippen LogP contribution in [0.3, 0.4) is 0 Å². The van der Waals surface area contributed by atoms with E-state index in [1.807, 2.05) is 6.07 Å². The summed E-state index contributed by atoms with van der Waals surface area (Å²) in [5.74, 6) is 0.318. The number of hydrogen-bond donors (Lipinski definition) is 5. The molecule has 1 aromatic rings. The maximum Gasteiger partial charge on any atom is 0.229 e. The molecule has 0 bridgehead atoms. The van der Waals surface area contributed by atoms with E-state index in [0.29, 0.717) is 27.9 Å². The molecule has 0 saturated carbocycles. The van der Waals surface area contributed by atoms with Crippen molar-refractivity contribution >= 4 is 10.9 Å². The van der Waals surface area contributed by atoms with Gasteiger partial charge in [0.2, 0.25) is 6.29 Å². The molecule has 3 aliphatic rings. The average molecular weight is 373 g/mol. The smallest absolute Gasteiger partial charge is 0.229 e. The van der Waals surface area contributed by atoms with Crippen LogP contribution in [0, 0.1) is 0 Å². The van der Waals surface area contributed by atoms with Gasteiger partial charge in [0.15, 0.2) is 5.43 Å². The normalized spacial score (nSPS) is 28.5. The number of fused-ring (bicyclic) bond motifs is 2. The summed E-state index contributed by atoms with van der Waals surface area (Å²) in [6.07, 6.45) is -6.87. The summed E-state index contributed by atoms with van der Waals surface area (Å²) in [7, 11) is 0. The second-order valence-corrected chi connectivity index (χ2v) is 6.52. The molecule has 0 radical (unpaired) electrons. The third-order valence-electron chi connectivity index (χ3n) is 4.78. The Morgan fingerprint density at radius 3 is 2.59 bits per heavy atom. The Bertz CT molecular complexity index is 985. The summed E-state index contributed by atoms with van der Waals surface area (Å²) in [5.41, 5.74) is 1.72. The van der Waals surface area contributed by atoms with Gasteiger partial charge in [-0.15, -0.1) is 0 Å². The summed E-state index contributed by atoms with van der Waals surface area (Å²) in [6.45, 7) is -0.543. The molecule has 2 heterocycles. The lowest BCUT2D eigenvalue weighted by molar-refractivity contribution is -0.277. The highest BCUT2D eigenvalue weighted by Gasteiger charge is 2.44. The highest BCUT2D eigenvalue weighted by Crippen LogP contribution is 2.32. The van der Waals surface area contributed by atoms with E-state index in [2.05, 4.69) is 4.98 Å². The molecule has 1 aliphatic carbocycles. The quantitative estimate of drug-likeness (QED) is 0.402. The van der Waals surface area contributed by atoms with Gasteiger partial charge in [-0.2, -0.15) is 0 Å². The summed E-state index contributed by atoms with van der Waals surface area (Å²) in [6, 6.07) is 11.8. The predicted molar refractivity (Wildman–Crippen MR) is 95.6 cm³/mol. The van der Waals surface area contributed by atoms with Crippen molar-refractivity contribution in [1.82, 2.24) is 4.98 Å². The average Bonchev–Trinajstić information content (AvgIpc) is 2.67. The zero-order chi connectivity index (χ0) is 19.1. The van der Waals surface area contributed by atoms with Crippen molar-refractivity contribution < 1.29 is 29.9 Å². The SMILES string of the molecule is O=c1cccc2[nH]c3cccc(OC4O[C@H](CO)[C@H](O)[C@H](O)[C@H]4O)c3cc1-2. The van der Waals surface area contributed by atoms with Gasteiger partial charge in [-0.25, -0.2) is 0 Å². The van der Waals surface area contributed by atoms with Gasteiger partial charge in [0.05, 0.1) is 6.61 Å². The van der Waals surface area contributed by atoms with Crippen LogP contribution in [-0.4, -0.2) is 62.7 Å². The zero-order valence-corrected chi connectivity index (χ0v) is 14.1. The van der Waals surface area contributed by atoms with Crippen LogP contribution in [-0.2, 0) is 4.74 Å². The highest BCUT2D eigenvalue weighted by atomic mass is 16.7. The molecule has 8 heteroatoms. The predicted octanol–water partition coefficient (Wildman–Crippen LogP) is -0.188. The van der Waals surface area contributed by atoms with Crippen molar-refractivity contribution in [2.24, 2.45) is 0 Å². The number of aliphatic hydroxyl groups excluding tert-OH is 4. The monoisotopic (exact) mass is 373 g/mol. The fourth-order valence-corrected chi connectivity index (χ4v) is 3.29. The Kier molecular flexibility index (Phi) is 4.58. The lowest BCUT2D eigenvalue weighted by Crippen LogP contribution is -2.60. The largest absolute Gasteiger partial charge is 0.461 e. The molecule has 4 rings (SSSR count). The molecule has 5 N–H and O–H groups in total. The lowest BCUT2D eigenvalue weighted by atomic mass is 9.99. The van der Waals surface area contributed by atoms with E-state index in [4.69, 9.17) is 9.47 Å². The Balaban J connectivity index is 1.75. The van der Waals surface area contributed by atoms with Gasteiger partial charge in [-0.1, -0.05) is 12.1 Å². The molecule has 0 aromatic heterocycles. The number of ether oxygens (including phenoxy) is 2. The van der Waals surface area contributed by atoms with Gasteiger partial charge in [0.25, 0.3) is 0 Å². The molecule has 0 spiro atoms. The minimum atomic E-state index is -1.53. The number of rotatable bonds is 3. The van der Waals surface area contributed by atoms with Crippen LogP contribution >= 0.6 is 0 Å². The number of H-pyrrole nitrogens is 1. The van der Waals surface area contributed by atoms with E-state index in [1.54, 1.807) is 30.3 Å². The molecule has 1 saturated heterocycles. The van der Waals surface area contributed by atoms with Gasteiger partial charge >= 0.3 is 0 Å². The number of hydrogen-bond acceptors (Lipinski definition) is 7. The van der Waals surface area contributed by atoms with E-state index in [-0.39, 0.29) is 5.43 Å². The van der Waals surface area contributed by atoms with Crippen molar-refractivity contribution in [2.75, 3.05) is 6.61 Å². The Morgan fingerprint density at radius 2 is 1.81 bits per heavy atom. The third-order valence-corrected chi connectivity index (χ3v) is 4.78. The molecule has 1 unspecified atom stereocenters. The van der Waals surface area contributed by atoms with Gasteiger partial charge in [0, 0.05) is 22.2 Å². The maximum atomic E-state index is 12.1. The van der Waals surface area contributed by atoms with Gasteiger partial charge in [0.1, 0.15) is 30.2 Å². The van der Waals surface area contributed by atoms with Crippen molar-refractivity contribution in [3.05, 3.63) is 52.7 Å². The van der Waals surface area contributed by atoms with Crippen LogP contribution in [0.15, 0.2) is 47.3 Å². The second-order valence-electron chi connectivity index (χ2n) is 6.52. The molecule has 142 valence electrons.